The Bertz CT molecular complexity index is 946. The molecule has 0 bridgehead atoms. The van der Waals surface area contributed by atoms with E-state index in [0.717, 1.165) is 0 Å². The Labute approximate surface area is 152 Å². The van der Waals surface area contributed by atoms with Crippen molar-refractivity contribution in [1.82, 2.24) is 14.2 Å². The third kappa shape index (κ3) is 3.52. The number of nitriles is 1. The van der Waals surface area contributed by atoms with Crippen molar-refractivity contribution >= 4 is 15.9 Å². The standard InChI is InChI=1S/C17H20N4O4S/c1-12-15(14(11-18)17(25-12)20-7-3-4-8-20)16(22)19-13-5-9-21(10-6-13)26(2,23)24/h3-4,7-8,13H,5-6,9-10H2,1-2H3,(H,19,22). The molecule has 1 fully saturated rings. The maximum Gasteiger partial charge on any atom is 0.256 e. The van der Waals surface area contributed by atoms with E-state index in [1.54, 1.807) is 36.0 Å². The third-order valence-electron chi connectivity index (χ3n) is 4.50. The number of amides is 1. The molecule has 26 heavy (non-hydrogen) atoms. The van der Waals surface area contributed by atoms with Crippen LogP contribution in [0.25, 0.3) is 5.88 Å². The Kier molecular flexibility index (Phi) is 4.89. The molecule has 138 valence electrons. The number of aromatic nitrogens is 1. The number of sulfonamides is 1. The van der Waals surface area contributed by atoms with Gasteiger partial charge in [0.2, 0.25) is 15.9 Å². The molecule has 0 spiro atoms. The van der Waals surface area contributed by atoms with Gasteiger partial charge >= 0.3 is 0 Å². The average molecular weight is 376 g/mol. The summed E-state index contributed by atoms with van der Waals surface area (Å²) < 4.78 is 31.8. The fourth-order valence-electron chi connectivity index (χ4n) is 3.15. The molecular weight excluding hydrogens is 356 g/mol. The second-order valence-corrected chi connectivity index (χ2v) is 8.31. The predicted molar refractivity (Wildman–Crippen MR) is 94.4 cm³/mol. The van der Waals surface area contributed by atoms with Gasteiger partial charge in [-0.1, -0.05) is 0 Å². The lowest BCUT2D eigenvalue weighted by Crippen LogP contribution is -2.46. The topological polar surface area (TPSA) is 108 Å². The molecule has 1 aliphatic rings. The van der Waals surface area contributed by atoms with Crippen LogP contribution in [0.4, 0.5) is 0 Å². The lowest BCUT2D eigenvalue weighted by Gasteiger charge is -2.30. The van der Waals surface area contributed by atoms with Crippen molar-refractivity contribution in [1.29, 1.82) is 5.26 Å². The molecule has 1 amide bonds. The van der Waals surface area contributed by atoms with E-state index in [-0.39, 0.29) is 23.1 Å². The first-order chi connectivity index (χ1) is 12.3. The Morgan fingerprint density at radius 2 is 1.92 bits per heavy atom. The number of hydrogen-bond acceptors (Lipinski definition) is 5. The van der Waals surface area contributed by atoms with Gasteiger partial charge < -0.3 is 9.73 Å². The van der Waals surface area contributed by atoms with Crippen molar-refractivity contribution in [3.63, 3.8) is 0 Å². The summed E-state index contributed by atoms with van der Waals surface area (Å²) in [6.07, 6.45) is 5.72. The van der Waals surface area contributed by atoms with Crippen LogP contribution in [0.3, 0.4) is 0 Å². The summed E-state index contributed by atoms with van der Waals surface area (Å²) in [6.45, 7) is 2.39. The van der Waals surface area contributed by atoms with Crippen molar-refractivity contribution in [3.05, 3.63) is 41.4 Å². The molecule has 3 rings (SSSR count). The van der Waals surface area contributed by atoms with Crippen molar-refractivity contribution in [2.24, 2.45) is 0 Å². The van der Waals surface area contributed by atoms with E-state index in [4.69, 9.17) is 4.42 Å². The van der Waals surface area contributed by atoms with E-state index in [1.165, 1.54) is 10.6 Å². The molecule has 1 saturated heterocycles. The van der Waals surface area contributed by atoms with Gasteiger partial charge in [-0.25, -0.2) is 12.7 Å². The van der Waals surface area contributed by atoms with E-state index < -0.39 is 10.0 Å². The molecule has 2 aromatic heterocycles. The number of hydrogen-bond donors (Lipinski definition) is 1. The number of piperidine rings is 1. The molecule has 1 aliphatic heterocycles. The molecule has 2 aromatic rings. The Balaban J connectivity index is 1.76. The molecule has 0 unspecified atom stereocenters. The van der Waals surface area contributed by atoms with Crippen molar-refractivity contribution in [3.8, 4) is 12.0 Å². The molecule has 3 heterocycles. The Hall–Kier alpha value is -2.57. The van der Waals surface area contributed by atoms with Gasteiger partial charge in [0, 0.05) is 31.5 Å². The molecular formula is C17H20N4O4S. The molecule has 0 aliphatic carbocycles. The fraction of sp³-hybridized carbons (Fsp3) is 0.412. The maximum absolute atomic E-state index is 12.7. The SMILES string of the molecule is Cc1oc(-n2cccc2)c(C#N)c1C(=O)NC1CCN(S(C)(=O)=O)CC1. The lowest BCUT2D eigenvalue weighted by molar-refractivity contribution is 0.0922. The first kappa shape index (κ1) is 18.2. The van der Waals surface area contributed by atoms with Gasteiger partial charge in [0.25, 0.3) is 5.91 Å². The van der Waals surface area contributed by atoms with E-state index in [9.17, 15) is 18.5 Å². The summed E-state index contributed by atoms with van der Waals surface area (Å²) >= 11 is 0. The number of rotatable bonds is 4. The highest BCUT2D eigenvalue weighted by Gasteiger charge is 2.29. The van der Waals surface area contributed by atoms with Crippen LogP contribution in [0, 0.1) is 18.3 Å². The quantitative estimate of drug-likeness (QED) is 0.868. The van der Waals surface area contributed by atoms with Gasteiger partial charge in [0.1, 0.15) is 23.0 Å². The number of carbonyl (C=O) groups is 1. The van der Waals surface area contributed by atoms with Gasteiger partial charge in [0.05, 0.1) is 6.26 Å². The molecule has 8 nitrogen and oxygen atoms in total. The smallest absolute Gasteiger partial charge is 0.256 e. The van der Waals surface area contributed by atoms with E-state index in [0.29, 0.717) is 37.6 Å². The Morgan fingerprint density at radius 1 is 1.31 bits per heavy atom. The number of nitrogens with one attached hydrogen (secondary N) is 1. The van der Waals surface area contributed by atoms with Crippen LogP contribution in [0.15, 0.2) is 28.9 Å². The van der Waals surface area contributed by atoms with Gasteiger partial charge in [-0.2, -0.15) is 5.26 Å². The highest BCUT2D eigenvalue weighted by molar-refractivity contribution is 7.88. The summed E-state index contributed by atoms with van der Waals surface area (Å²) in [6, 6.07) is 5.51. The fourth-order valence-corrected chi connectivity index (χ4v) is 4.02. The minimum atomic E-state index is -3.21. The maximum atomic E-state index is 12.7. The zero-order chi connectivity index (χ0) is 18.9. The van der Waals surface area contributed by atoms with Gasteiger partial charge in [-0.3, -0.25) is 9.36 Å². The first-order valence-electron chi connectivity index (χ1n) is 8.24. The van der Waals surface area contributed by atoms with Gasteiger partial charge in [0.15, 0.2) is 0 Å². The number of furan rings is 1. The van der Waals surface area contributed by atoms with Crippen molar-refractivity contribution in [2.45, 2.75) is 25.8 Å². The van der Waals surface area contributed by atoms with E-state index in [1.807, 2.05) is 0 Å². The normalized spacial score (nSPS) is 16.3. The van der Waals surface area contributed by atoms with Crippen LogP contribution in [-0.4, -0.2) is 48.6 Å². The van der Waals surface area contributed by atoms with Crippen LogP contribution >= 0.6 is 0 Å². The van der Waals surface area contributed by atoms with Crippen LogP contribution in [0.5, 0.6) is 0 Å². The molecule has 9 heteroatoms. The summed E-state index contributed by atoms with van der Waals surface area (Å²) in [5.74, 6) is 0.308. The number of aryl methyl sites for hydroxylation is 1. The molecule has 0 atom stereocenters. The molecule has 0 saturated carbocycles. The summed E-state index contributed by atoms with van der Waals surface area (Å²) in [4.78, 5) is 12.7. The summed E-state index contributed by atoms with van der Waals surface area (Å²) in [5, 5.41) is 12.4. The van der Waals surface area contributed by atoms with Crippen LogP contribution in [0.1, 0.15) is 34.5 Å². The van der Waals surface area contributed by atoms with Crippen LogP contribution in [0.2, 0.25) is 0 Å². The summed E-state index contributed by atoms with van der Waals surface area (Å²) in [5.41, 5.74) is 0.409. The summed E-state index contributed by atoms with van der Waals surface area (Å²) in [7, 11) is -3.21. The molecule has 1 N–H and O–H groups in total. The lowest BCUT2D eigenvalue weighted by atomic mass is 10.0. The molecule has 0 radical (unpaired) electrons. The minimum absolute atomic E-state index is 0.142. The van der Waals surface area contributed by atoms with Crippen molar-refractivity contribution < 1.29 is 17.6 Å². The third-order valence-corrected chi connectivity index (χ3v) is 5.80. The Morgan fingerprint density at radius 3 is 2.46 bits per heavy atom. The monoisotopic (exact) mass is 376 g/mol. The van der Waals surface area contributed by atoms with Crippen molar-refractivity contribution in [2.75, 3.05) is 19.3 Å². The average Bonchev–Trinajstić information content (AvgIpc) is 3.21. The minimum Gasteiger partial charge on any atom is -0.443 e. The van der Waals surface area contributed by atoms with Crippen LogP contribution in [-0.2, 0) is 10.0 Å². The highest BCUT2D eigenvalue weighted by Crippen LogP contribution is 2.26. The highest BCUT2D eigenvalue weighted by atomic mass is 32.2. The first-order valence-corrected chi connectivity index (χ1v) is 10.1. The van der Waals surface area contributed by atoms with Crippen LogP contribution < -0.4 is 5.32 Å². The largest absolute Gasteiger partial charge is 0.443 e. The van der Waals surface area contributed by atoms with Gasteiger partial charge in [-0.15, -0.1) is 0 Å². The number of carbonyl (C=O) groups excluding carboxylic acids is 1. The van der Waals surface area contributed by atoms with E-state index >= 15 is 0 Å². The zero-order valence-electron chi connectivity index (χ0n) is 14.6. The second-order valence-electron chi connectivity index (χ2n) is 6.33. The zero-order valence-corrected chi connectivity index (χ0v) is 15.4. The second kappa shape index (κ2) is 6.97. The van der Waals surface area contributed by atoms with E-state index in [2.05, 4.69) is 11.4 Å². The number of nitrogens with zero attached hydrogens (tertiary/aromatic N) is 3. The van der Waals surface area contributed by atoms with Gasteiger partial charge in [-0.05, 0) is 31.9 Å². The molecule has 0 aromatic carbocycles. The predicted octanol–water partition coefficient (Wildman–Crippen LogP) is 1.40.